The van der Waals surface area contributed by atoms with E-state index >= 15 is 0 Å². The fraction of sp³-hybridized carbons (Fsp3) is 0.474. The van der Waals surface area contributed by atoms with Gasteiger partial charge in [0.25, 0.3) is 0 Å². The van der Waals surface area contributed by atoms with Crippen molar-refractivity contribution in [3.8, 4) is 5.75 Å². The molecule has 1 aliphatic rings. The molecule has 1 unspecified atom stereocenters. The maximum atomic E-state index is 6.10. The summed E-state index contributed by atoms with van der Waals surface area (Å²) in [4.78, 5) is 0. The van der Waals surface area contributed by atoms with Gasteiger partial charge in [-0.25, -0.2) is 0 Å². The van der Waals surface area contributed by atoms with E-state index in [-0.39, 0.29) is 0 Å². The molecule has 1 atom stereocenters. The smallest absolute Gasteiger partial charge is 0.119 e. The van der Waals surface area contributed by atoms with Crippen molar-refractivity contribution in [2.24, 2.45) is 5.92 Å². The molecule has 1 aromatic heterocycles. The van der Waals surface area contributed by atoms with E-state index in [9.17, 15) is 0 Å². The number of benzene rings is 1. The second-order valence-electron chi connectivity index (χ2n) is 6.21. The Morgan fingerprint density at radius 2 is 2.05 bits per heavy atom. The lowest BCUT2D eigenvalue weighted by Crippen LogP contribution is -2.26. The number of nitrogens with one attached hydrogen (secondary N) is 1. The Bertz CT molecular complexity index is 579. The molecular weight excluding hydrogens is 290 g/mol. The molecule has 22 heavy (non-hydrogen) atoms. The molecule has 0 aliphatic heterocycles. The summed E-state index contributed by atoms with van der Waals surface area (Å²) in [6.45, 7) is 1.76. The number of hydrogen-bond acceptors (Lipinski definition) is 3. The van der Waals surface area contributed by atoms with Crippen molar-refractivity contribution in [3.05, 3.63) is 51.7 Å². The quantitative estimate of drug-likeness (QED) is 0.831. The molecule has 118 valence electrons. The highest BCUT2D eigenvalue weighted by Crippen LogP contribution is 2.25. The van der Waals surface area contributed by atoms with Crippen LogP contribution in [0.4, 0.5) is 0 Å². The Morgan fingerprint density at radius 1 is 1.18 bits per heavy atom. The largest absolute Gasteiger partial charge is 0.493 e. The summed E-state index contributed by atoms with van der Waals surface area (Å²) >= 11 is 1.77. The average molecular weight is 315 g/mol. The number of hydrogen-bond donors (Lipinski definition) is 1. The molecule has 0 bridgehead atoms. The first-order valence-electron chi connectivity index (χ1n) is 8.25. The molecular formula is C19H25NOS. The van der Waals surface area contributed by atoms with Crippen molar-refractivity contribution in [3.63, 3.8) is 0 Å². The van der Waals surface area contributed by atoms with Gasteiger partial charge in [-0.05, 0) is 84.8 Å². The Morgan fingerprint density at radius 3 is 2.82 bits per heavy atom. The summed E-state index contributed by atoms with van der Waals surface area (Å²) in [6, 6.07) is 8.88. The lowest BCUT2D eigenvalue weighted by atomic mass is 9.92. The summed E-state index contributed by atoms with van der Waals surface area (Å²) in [5, 5.41) is 7.68. The van der Waals surface area contributed by atoms with Gasteiger partial charge in [0.15, 0.2) is 0 Å². The molecule has 0 saturated carbocycles. The first kappa shape index (κ1) is 15.6. The van der Waals surface area contributed by atoms with E-state index in [0.29, 0.717) is 5.92 Å². The first-order valence-corrected chi connectivity index (χ1v) is 9.19. The molecule has 1 aliphatic carbocycles. The first-order chi connectivity index (χ1) is 10.8. The zero-order chi connectivity index (χ0) is 15.2. The second kappa shape index (κ2) is 7.80. The highest BCUT2D eigenvalue weighted by Gasteiger charge is 2.13. The average Bonchev–Trinajstić information content (AvgIpc) is 3.06. The van der Waals surface area contributed by atoms with Crippen molar-refractivity contribution >= 4 is 11.3 Å². The fourth-order valence-corrected chi connectivity index (χ4v) is 3.92. The second-order valence-corrected chi connectivity index (χ2v) is 6.99. The summed E-state index contributed by atoms with van der Waals surface area (Å²) in [5.41, 5.74) is 4.43. The highest BCUT2D eigenvalue weighted by molar-refractivity contribution is 7.07. The SMILES string of the molecule is CNCC(COc1ccc2c(c1)CCCC2)Cc1ccsc1. The van der Waals surface area contributed by atoms with Crippen molar-refractivity contribution in [1.82, 2.24) is 5.32 Å². The minimum absolute atomic E-state index is 0.510. The van der Waals surface area contributed by atoms with Crippen LogP contribution in [0.2, 0.25) is 0 Å². The van der Waals surface area contributed by atoms with Gasteiger partial charge < -0.3 is 10.1 Å². The molecule has 1 heterocycles. The van der Waals surface area contributed by atoms with Crippen molar-refractivity contribution in [1.29, 1.82) is 0 Å². The molecule has 1 aromatic carbocycles. The minimum Gasteiger partial charge on any atom is -0.493 e. The fourth-order valence-electron chi connectivity index (χ4n) is 3.23. The maximum absolute atomic E-state index is 6.10. The van der Waals surface area contributed by atoms with E-state index in [1.807, 2.05) is 7.05 Å². The van der Waals surface area contributed by atoms with Crippen LogP contribution in [0.15, 0.2) is 35.0 Å². The number of fused-ring (bicyclic) bond motifs is 1. The Labute approximate surface area is 137 Å². The minimum atomic E-state index is 0.510. The number of thiophene rings is 1. The third-order valence-electron chi connectivity index (χ3n) is 4.40. The lowest BCUT2D eigenvalue weighted by molar-refractivity contribution is 0.245. The van der Waals surface area contributed by atoms with E-state index in [0.717, 1.165) is 25.3 Å². The topological polar surface area (TPSA) is 21.3 Å². The summed E-state index contributed by atoms with van der Waals surface area (Å²) in [5.74, 6) is 1.54. The number of ether oxygens (including phenoxy) is 1. The zero-order valence-corrected chi connectivity index (χ0v) is 14.1. The van der Waals surface area contributed by atoms with Gasteiger partial charge in [-0.15, -0.1) is 0 Å². The predicted molar refractivity (Wildman–Crippen MR) is 94.0 cm³/mol. The van der Waals surface area contributed by atoms with Gasteiger partial charge >= 0.3 is 0 Å². The summed E-state index contributed by atoms with van der Waals surface area (Å²) in [6.07, 6.45) is 6.17. The highest BCUT2D eigenvalue weighted by atomic mass is 32.1. The van der Waals surface area contributed by atoms with Crippen LogP contribution in [0.5, 0.6) is 5.75 Å². The standard InChI is InChI=1S/C19H25NOS/c1-20-12-16(10-15-8-9-22-14-15)13-21-19-7-6-17-4-2-3-5-18(17)11-19/h6-9,11,14,16,20H,2-5,10,12-13H2,1H3. The normalized spacial score (nSPS) is 15.3. The molecule has 1 N–H and O–H groups in total. The Balaban J connectivity index is 1.59. The molecule has 2 aromatic rings. The van der Waals surface area contributed by atoms with E-state index in [1.54, 1.807) is 11.3 Å². The van der Waals surface area contributed by atoms with Crippen LogP contribution in [0.1, 0.15) is 29.5 Å². The Kier molecular flexibility index (Phi) is 5.52. The van der Waals surface area contributed by atoms with Crippen molar-refractivity contribution in [2.45, 2.75) is 32.1 Å². The van der Waals surface area contributed by atoms with Gasteiger partial charge in [0.1, 0.15) is 5.75 Å². The third kappa shape index (κ3) is 4.11. The summed E-state index contributed by atoms with van der Waals surface area (Å²) < 4.78 is 6.10. The van der Waals surface area contributed by atoms with Crippen LogP contribution in [0, 0.1) is 5.92 Å². The molecule has 0 radical (unpaired) electrons. The number of aryl methyl sites for hydroxylation is 2. The molecule has 0 spiro atoms. The third-order valence-corrected chi connectivity index (χ3v) is 5.13. The maximum Gasteiger partial charge on any atom is 0.119 e. The van der Waals surface area contributed by atoms with Crippen LogP contribution in [0.3, 0.4) is 0 Å². The van der Waals surface area contributed by atoms with E-state index in [1.165, 1.54) is 42.4 Å². The van der Waals surface area contributed by atoms with Crippen LogP contribution >= 0.6 is 11.3 Å². The monoisotopic (exact) mass is 315 g/mol. The molecule has 0 fully saturated rings. The van der Waals surface area contributed by atoms with E-state index < -0.39 is 0 Å². The Hall–Kier alpha value is -1.32. The van der Waals surface area contributed by atoms with Gasteiger partial charge in [-0.2, -0.15) is 11.3 Å². The molecule has 3 heteroatoms. The molecule has 0 saturated heterocycles. The van der Waals surface area contributed by atoms with Gasteiger partial charge in [0.05, 0.1) is 6.61 Å². The van der Waals surface area contributed by atoms with Crippen molar-refractivity contribution in [2.75, 3.05) is 20.2 Å². The lowest BCUT2D eigenvalue weighted by Gasteiger charge is -2.19. The van der Waals surface area contributed by atoms with Gasteiger partial charge in [-0.1, -0.05) is 6.07 Å². The summed E-state index contributed by atoms with van der Waals surface area (Å²) in [7, 11) is 2.01. The van der Waals surface area contributed by atoms with Gasteiger partial charge in [-0.3, -0.25) is 0 Å². The van der Waals surface area contributed by atoms with E-state index in [2.05, 4.69) is 40.3 Å². The van der Waals surface area contributed by atoms with Crippen LogP contribution < -0.4 is 10.1 Å². The molecule has 2 nitrogen and oxygen atoms in total. The molecule has 3 rings (SSSR count). The van der Waals surface area contributed by atoms with Crippen LogP contribution in [0.25, 0.3) is 0 Å². The van der Waals surface area contributed by atoms with Crippen LogP contribution in [-0.2, 0) is 19.3 Å². The van der Waals surface area contributed by atoms with Gasteiger partial charge in [0.2, 0.25) is 0 Å². The van der Waals surface area contributed by atoms with E-state index in [4.69, 9.17) is 4.74 Å². The van der Waals surface area contributed by atoms with Gasteiger partial charge in [0, 0.05) is 12.5 Å². The zero-order valence-electron chi connectivity index (χ0n) is 13.3. The number of rotatable bonds is 7. The van der Waals surface area contributed by atoms with Crippen molar-refractivity contribution < 1.29 is 4.74 Å². The van der Waals surface area contributed by atoms with Crippen LogP contribution in [-0.4, -0.2) is 20.2 Å². The molecule has 0 amide bonds. The predicted octanol–water partition coefficient (Wildman–Crippen LogP) is 4.08.